The maximum absolute atomic E-state index is 14.5. The topological polar surface area (TPSA) is 129 Å². The highest BCUT2D eigenvalue weighted by Gasteiger charge is 2.54. The van der Waals surface area contributed by atoms with Crippen molar-refractivity contribution < 1.29 is 19.4 Å². The highest BCUT2D eigenvalue weighted by molar-refractivity contribution is 9.10. The molecule has 0 spiro atoms. The first-order valence-electron chi connectivity index (χ1n) is 13.9. The molecule has 0 aliphatic carbocycles. The van der Waals surface area contributed by atoms with Crippen LogP contribution in [0.1, 0.15) is 34.8 Å². The molecule has 1 aliphatic rings. The summed E-state index contributed by atoms with van der Waals surface area (Å²) in [4.78, 5) is 22.5. The minimum atomic E-state index is -1.49. The summed E-state index contributed by atoms with van der Waals surface area (Å²) < 4.78 is 13.1. The van der Waals surface area contributed by atoms with Crippen LogP contribution < -0.4 is 10.1 Å². The maximum Gasteiger partial charge on any atom is 0.252 e. The van der Waals surface area contributed by atoms with Crippen LogP contribution in [0.3, 0.4) is 0 Å². The van der Waals surface area contributed by atoms with Crippen LogP contribution in [-0.2, 0) is 22.5 Å². The Bertz CT molecular complexity index is 1710. The fraction of sp³-hybridized carbons (Fsp3) is 0.212. The summed E-state index contributed by atoms with van der Waals surface area (Å²) in [5, 5.41) is 16.6. The first kappa shape index (κ1) is 31.1. The van der Waals surface area contributed by atoms with E-state index >= 15 is 0 Å². The lowest BCUT2D eigenvalue weighted by Crippen LogP contribution is -2.49. The molecule has 44 heavy (non-hydrogen) atoms. The minimum Gasteiger partial charge on any atom is -0.494 e. The monoisotopic (exact) mass is 673 g/mol. The van der Waals surface area contributed by atoms with E-state index in [0.29, 0.717) is 40.6 Å². The van der Waals surface area contributed by atoms with Crippen molar-refractivity contribution in [1.29, 1.82) is 0 Å². The number of hydrogen-bond donors (Lipinski definition) is 2. The molecular formula is C33H29BrClN5O4. The van der Waals surface area contributed by atoms with Gasteiger partial charge in [0.15, 0.2) is 11.6 Å². The molecule has 0 unspecified atom stereocenters. The van der Waals surface area contributed by atoms with Gasteiger partial charge in [0.25, 0.3) is 5.91 Å². The zero-order valence-electron chi connectivity index (χ0n) is 23.6. The predicted octanol–water partition coefficient (Wildman–Crippen LogP) is 7.62. The lowest BCUT2D eigenvalue weighted by molar-refractivity contribution is -0.129. The van der Waals surface area contributed by atoms with Crippen molar-refractivity contribution >= 4 is 45.0 Å². The van der Waals surface area contributed by atoms with Gasteiger partial charge in [-0.05, 0) is 59.1 Å². The van der Waals surface area contributed by atoms with Crippen molar-refractivity contribution in [3.05, 3.63) is 139 Å². The molecular weight excluding hydrogens is 646 g/mol. The molecule has 4 aromatic rings. The van der Waals surface area contributed by atoms with Gasteiger partial charge in [0.1, 0.15) is 5.75 Å². The van der Waals surface area contributed by atoms with E-state index in [0.717, 1.165) is 15.6 Å². The fourth-order valence-corrected chi connectivity index (χ4v) is 5.66. The number of aliphatic hydroxyl groups excluding tert-OH is 1. The number of ether oxygens (including phenoxy) is 2. The SMILES string of the molecule is [N-]=[N+]=Nc1ccccc1[C@H]1OC(c2ccc(OCCCO)cc2)=N[C@@]1(Cc1ccccc1Br)C(=O)NCc1cccc(Cl)c1. The number of carbonyl (C=O) groups excluding carboxylic acids is 1. The van der Waals surface area contributed by atoms with Crippen LogP contribution in [-0.4, -0.2) is 35.7 Å². The van der Waals surface area contributed by atoms with Crippen molar-refractivity contribution in [3.8, 4) is 5.75 Å². The van der Waals surface area contributed by atoms with E-state index < -0.39 is 11.6 Å². The number of aliphatic hydroxyl groups is 1. The molecule has 0 saturated heterocycles. The average molecular weight is 675 g/mol. The Morgan fingerprint density at radius 2 is 1.86 bits per heavy atom. The van der Waals surface area contributed by atoms with Crippen LogP contribution in [0.25, 0.3) is 10.4 Å². The van der Waals surface area contributed by atoms with E-state index in [4.69, 9.17) is 31.2 Å². The molecule has 2 N–H and O–H groups in total. The Morgan fingerprint density at radius 1 is 1.09 bits per heavy atom. The van der Waals surface area contributed by atoms with Crippen molar-refractivity contribution in [1.82, 2.24) is 5.32 Å². The molecule has 5 rings (SSSR count). The summed E-state index contributed by atoms with van der Waals surface area (Å²) >= 11 is 9.84. The molecule has 4 aromatic carbocycles. The van der Waals surface area contributed by atoms with Gasteiger partial charge in [0.05, 0.1) is 6.61 Å². The number of nitrogens with one attached hydrogen (secondary N) is 1. The highest BCUT2D eigenvalue weighted by atomic mass is 79.9. The third-order valence-corrected chi connectivity index (χ3v) is 8.17. The van der Waals surface area contributed by atoms with Crippen LogP contribution in [0.2, 0.25) is 5.02 Å². The number of hydrogen-bond acceptors (Lipinski definition) is 6. The maximum atomic E-state index is 14.5. The van der Waals surface area contributed by atoms with Gasteiger partial charge in [0.2, 0.25) is 5.90 Å². The van der Waals surface area contributed by atoms with E-state index in [-0.39, 0.29) is 31.4 Å². The molecule has 1 amide bonds. The summed E-state index contributed by atoms with van der Waals surface area (Å²) in [5.41, 5.74) is 11.0. The number of carbonyl (C=O) groups is 1. The molecule has 0 aromatic heterocycles. The van der Waals surface area contributed by atoms with E-state index in [1.807, 2.05) is 48.5 Å². The Kier molecular flexibility index (Phi) is 10.2. The van der Waals surface area contributed by atoms with E-state index in [1.165, 1.54) is 0 Å². The summed E-state index contributed by atoms with van der Waals surface area (Å²) in [6, 6.07) is 29.1. The van der Waals surface area contributed by atoms with Crippen LogP contribution in [0.5, 0.6) is 5.75 Å². The number of benzene rings is 4. The smallest absolute Gasteiger partial charge is 0.252 e. The number of halogens is 2. The van der Waals surface area contributed by atoms with Crippen LogP contribution >= 0.6 is 27.5 Å². The molecule has 0 saturated carbocycles. The number of rotatable bonds is 12. The largest absolute Gasteiger partial charge is 0.494 e. The molecule has 2 atom stereocenters. The zero-order chi connectivity index (χ0) is 30.9. The lowest BCUT2D eigenvalue weighted by atomic mass is 9.81. The minimum absolute atomic E-state index is 0.0421. The number of nitrogens with zero attached hydrogens (tertiary/aromatic N) is 4. The molecule has 1 aliphatic heterocycles. The van der Waals surface area contributed by atoms with Gasteiger partial charge in [-0.1, -0.05) is 87.2 Å². The van der Waals surface area contributed by atoms with E-state index in [2.05, 4.69) is 31.3 Å². The second-order valence-electron chi connectivity index (χ2n) is 10.1. The number of azide groups is 1. The Morgan fingerprint density at radius 3 is 2.61 bits per heavy atom. The summed E-state index contributed by atoms with van der Waals surface area (Å²) in [6.45, 7) is 0.639. The predicted molar refractivity (Wildman–Crippen MR) is 173 cm³/mol. The second-order valence-corrected chi connectivity index (χ2v) is 11.4. The highest BCUT2D eigenvalue weighted by Crippen LogP contribution is 2.46. The van der Waals surface area contributed by atoms with Gasteiger partial charge < -0.3 is 19.9 Å². The van der Waals surface area contributed by atoms with Gasteiger partial charge in [-0.3, -0.25) is 4.79 Å². The fourth-order valence-electron chi connectivity index (χ4n) is 5.02. The normalized spacial score (nSPS) is 17.2. The van der Waals surface area contributed by atoms with Crippen molar-refractivity contribution in [2.24, 2.45) is 10.1 Å². The first-order valence-corrected chi connectivity index (χ1v) is 15.1. The van der Waals surface area contributed by atoms with Crippen molar-refractivity contribution in [3.63, 3.8) is 0 Å². The van der Waals surface area contributed by atoms with Crippen molar-refractivity contribution in [2.45, 2.75) is 31.0 Å². The van der Waals surface area contributed by atoms with Crippen LogP contribution in [0.15, 0.2) is 112 Å². The molecule has 224 valence electrons. The Balaban J connectivity index is 1.61. The first-order chi connectivity index (χ1) is 21.4. The summed E-state index contributed by atoms with van der Waals surface area (Å²) in [5.74, 6) is 0.523. The zero-order valence-corrected chi connectivity index (χ0v) is 25.9. The molecule has 0 radical (unpaired) electrons. The van der Waals surface area contributed by atoms with Gasteiger partial charge in [-0.15, -0.1) is 0 Å². The quantitative estimate of drug-likeness (QED) is 0.0693. The number of aliphatic imine (C=N–C) groups is 1. The summed E-state index contributed by atoms with van der Waals surface area (Å²) in [7, 11) is 0. The Hall–Kier alpha value is -4.34. The van der Waals surface area contributed by atoms with Gasteiger partial charge >= 0.3 is 0 Å². The average Bonchev–Trinajstić information content (AvgIpc) is 3.42. The molecule has 1 heterocycles. The summed E-state index contributed by atoms with van der Waals surface area (Å²) in [6.07, 6.45) is -0.242. The third kappa shape index (κ3) is 7.06. The van der Waals surface area contributed by atoms with Gasteiger partial charge in [-0.2, -0.15) is 0 Å². The molecule has 0 fully saturated rings. The van der Waals surface area contributed by atoms with Crippen molar-refractivity contribution in [2.75, 3.05) is 13.2 Å². The van der Waals surface area contributed by atoms with Gasteiger partial charge in [-0.25, -0.2) is 4.99 Å². The molecule has 11 heteroatoms. The molecule has 9 nitrogen and oxygen atoms in total. The van der Waals surface area contributed by atoms with Crippen LogP contribution in [0, 0.1) is 0 Å². The Labute approximate surface area is 268 Å². The number of amides is 1. The van der Waals surface area contributed by atoms with E-state index in [1.54, 1.807) is 48.5 Å². The third-order valence-electron chi connectivity index (χ3n) is 7.16. The van der Waals surface area contributed by atoms with Gasteiger partial charge in [0, 0.05) is 57.2 Å². The second kappa shape index (κ2) is 14.4. The van der Waals surface area contributed by atoms with E-state index in [9.17, 15) is 10.3 Å². The standard InChI is InChI=1S/C33H29BrClN5O4/c34-28-11-3-1-8-24(28)20-33(32(42)37-21-22-7-5-9-25(35)19-22)30(27-10-2-4-12-29(27)39-40-36)44-31(38-33)23-13-15-26(16-14-23)43-18-6-17-41/h1-5,7-16,19,30,41H,6,17-18,20-21H2,(H,37,42)/t30-,33-/m1/s1. The van der Waals surface area contributed by atoms with Crippen LogP contribution in [0.4, 0.5) is 5.69 Å². The lowest BCUT2D eigenvalue weighted by Gasteiger charge is -2.31. The molecule has 0 bridgehead atoms.